The van der Waals surface area contributed by atoms with E-state index in [1.54, 1.807) is 0 Å². The topological polar surface area (TPSA) is 84.5 Å². The maximum Gasteiger partial charge on any atom is 0.341 e. The van der Waals surface area contributed by atoms with Crippen LogP contribution in [0.25, 0.3) is 0 Å². The molecule has 1 aromatic heterocycles. The lowest BCUT2D eigenvalue weighted by Crippen LogP contribution is -2.23. The summed E-state index contributed by atoms with van der Waals surface area (Å²) in [6, 6.07) is 0. The molecule has 0 spiro atoms. The fourth-order valence-corrected chi connectivity index (χ4v) is 4.01. The fraction of sp³-hybridized carbons (Fsp3) is 0.500. The van der Waals surface area contributed by atoms with E-state index in [1.165, 1.54) is 18.4 Å². The average molecular weight is 290 g/mol. The monoisotopic (exact) mass is 290 g/mol. The van der Waals surface area contributed by atoms with Crippen LogP contribution in [-0.4, -0.2) is 34.3 Å². The predicted molar refractivity (Wildman–Crippen MR) is 69.5 cm³/mol. The third kappa shape index (κ3) is 2.65. The number of hydrogen-bond donors (Lipinski definition) is 2. The summed E-state index contributed by atoms with van der Waals surface area (Å²) in [7, 11) is -2.12. The predicted octanol–water partition coefficient (Wildman–Crippen LogP) is 0.552. The van der Waals surface area contributed by atoms with Crippen LogP contribution in [0.15, 0.2) is 0 Å². The molecule has 0 aromatic carbocycles. The molecule has 0 atom stereocenters. The van der Waals surface area contributed by atoms with Crippen molar-refractivity contribution in [3.8, 4) is 0 Å². The van der Waals surface area contributed by atoms with Crippen LogP contribution in [0, 0.1) is 0 Å². The number of methoxy groups -OCH3 is 1. The van der Waals surface area contributed by atoms with E-state index >= 15 is 0 Å². The summed E-state index contributed by atoms with van der Waals surface area (Å²) in [5, 5.41) is 3.53. The summed E-state index contributed by atoms with van der Waals surface area (Å²) >= 11 is 1.28. The van der Waals surface area contributed by atoms with E-state index in [0.29, 0.717) is 23.5 Å². The third-order valence-electron chi connectivity index (χ3n) is 2.60. The highest BCUT2D eigenvalue weighted by molar-refractivity contribution is 7.92. The van der Waals surface area contributed by atoms with E-state index in [4.69, 9.17) is 4.74 Å². The molecule has 0 fully saturated rings. The lowest BCUT2D eigenvalue weighted by atomic mass is 10.0. The van der Waals surface area contributed by atoms with Gasteiger partial charge in [0.05, 0.1) is 18.9 Å². The Morgan fingerprint density at radius 1 is 1.50 bits per heavy atom. The van der Waals surface area contributed by atoms with Gasteiger partial charge in [0, 0.05) is 11.4 Å². The van der Waals surface area contributed by atoms with Crippen molar-refractivity contribution in [1.82, 2.24) is 5.32 Å². The maximum atomic E-state index is 11.8. The molecule has 0 bridgehead atoms. The summed E-state index contributed by atoms with van der Waals surface area (Å²) in [4.78, 5) is 12.8. The SMILES string of the molecule is COC(=O)c1c(NS(C)(=O)=O)sc2c1CCNC2. The highest BCUT2D eigenvalue weighted by atomic mass is 32.2. The Morgan fingerprint density at radius 3 is 2.83 bits per heavy atom. The minimum Gasteiger partial charge on any atom is -0.465 e. The van der Waals surface area contributed by atoms with Crippen LogP contribution in [0.1, 0.15) is 20.8 Å². The van der Waals surface area contributed by atoms with Gasteiger partial charge in [-0.25, -0.2) is 13.2 Å². The second-order valence-corrected chi connectivity index (χ2v) is 6.85. The first-order chi connectivity index (χ1) is 8.42. The molecule has 18 heavy (non-hydrogen) atoms. The quantitative estimate of drug-likeness (QED) is 0.794. The Labute approximate surface area is 109 Å². The zero-order valence-corrected chi connectivity index (χ0v) is 11.7. The van der Waals surface area contributed by atoms with Gasteiger partial charge in [-0.15, -0.1) is 11.3 Å². The van der Waals surface area contributed by atoms with E-state index in [0.717, 1.165) is 23.2 Å². The summed E-state index contributed by atoms with van der Waals surface area (Å²) in [5.41, 5.74) is 1.24. The Hall–Kier alpha value is -1.12. The van der Waals surface area contributed by atoms with Crippen LogP contribution in [0.2, 0.25) is 0 Å². The first-order valence-electron chi connectivity index (χ1n) is 5.33. The zero-order chi connectivity index (χ0) is 13.3. The summed E-state index contributed by atoms with van der Waals surface area (Å²) in [6.45, 7) is 1.42. The Kier molecular flexibility index (Phi) is 3.60. The van der Waals surface area contributed by atoms with E-state index in [2.05, 4.69) is 10.0 Å². The number of sulfonamides is 1. The minimum absolute atomic E-state index is 0.345. The third-order valence-corrected chi connectivity index (χ3v) is 4.45. The van der Waals surface area contributed by atoms with Crippen LogP contribution in [0.3, 0.4) is 0 Å². The van der Waals surface area contributed by atoms with Gasteiger partial charge in [0.15, 0.2) is 0 Å². The highest BCUT2D eigenvalue weighted by Crippen LogP contribution is 2.36. The van der Waals surface area contributed by atoms with Crippen LogP contribution >= 0.6 is 11.3 Å². The molecule has 2 rings (SSSR count). The van der Waals surface area contributed by atoms with Gasteiger partial charge in [0.1, 0.15) is 5.00 Å². The van der Waals surface area contributed by atoms with E-state index in [9.17, 15) is 13.2 Å². The van der Waals surface area contributed by atoms with Crippen LogP contribution in [0.5, 0.6) is 0 Å². The molecule has 0 amide bonds. The number of ether oxygens (including phenoxy) is 1. The maximum absolute atomic E-state index is 11.8. The largest absolute Gasteiger partial charge is 0.465 e. The van der Waals surface area contributed by atoms with E-state index in [-0.39, 0.29) is 0 Å². The van der Waals surface area contributed by atoms with Crippen molar-refractivity contribution >= 4 is 32.3 Å². The zero-order valence-electron chi connectivity index (χ0n) is 10.1. The normalized spacial score (nSPS) is 15.0. The molecular formula is C10H14N2O4S2. The number of nitrogens with one attached hydrogen (secondary N) is 2. The van der Waals surface area contributed by atoms with Gasteiger partial charge in [-0.05, 0) is 18.5 Å². The van der Waals surface area contributed by atoms with Crippen molar-refractivity contribution < 1.29 is 17.9 Å². The molecule has 0 aliphatic carbocycles. The number of thiophene rings is 1. The number of hydrogen-bond acceptors (Lipinski definition) is 6. The molecule has 1 aliphatic heterocycles. The number of fused-ring (bicyclic) bond motifs is 1. The summed E-state index contributed by atoms with van der Waals surface area (Å²) in [6.07, 6.45) is 1.76. The van der Waals surface area contributed by atoms with Gasteiger partial charge in [-0.3, -0.25) is 4.72 Å². The van der Waals surface area contributed by atoms with Gasteiger partial charge in [-0.1, -0.05) is 0 Å². The number of carbonyl (C=O) groups excluding carboxylic acids is 1. The van der Waals surface area contributed by atoms with Crippen molar-refractivity contribution in [2.24, 2.45) is 0 Å². The Bertz CT molecular complexity index is 577. The van der Waals surface area contributed by atoms with Crippen molar-refractivity contribution in [3.63, 3.8) is 0 Å². The molecule has 0 unspecified atom stereocenters. The molecule has 100 valence electrons. The standard InChI is InChI=1S/C10H14N2O4S2/c1-16-10(13)8-6-3-4-11-5-7(6)17-9(8)12-18(2,14)15/h11-12H,3-5H2,1-2H3. The Balaban J connectivity index is 2.51. The van der Waals surface area contributed by atoms with E-state index in [1.807, 2.05) is 0 Å². The van der Waals surface area contributed by atoms with E-state index < -0.39 is 16.0 Å². The first-order valence-corrected chi connectivity index (χ1v) is 8.04. The average Bonchev–Trinajstić information content (AvgIpc) is 2.63. The lowest BCUT2D eigenvalue weighted by molar-refractivity contribution is 0.0601. The van der Waals surface area contributed by atoms with Crippen molar-refractivity contribution in [3.05, 3.63) is 16.0 Å². The Morgan fingerprint density at radius 2 is 2.22 bits per heavy atom. The number of carbonyl (C=O) groups is 1. The van der Waals surface area contributed by atoms with Gasteiger partial charge in [0.2, 0.25) is 10.0 Å². The van der Waals surface area contributed by atoms with Gasteiger partial charge in [0.25, 0.3) is 0 Å². The summed E-state index contributed by atoms with van der Waals surface area (Å²) < 4.78 is 29.7. The molecule has 0 radical (unpaired) electrons. The lowest BCUT2D eigenvalue weighted by Gasteiger charge is -2.13. The van der Waals surface area contributed by atoms with Crippen molar-refractivity contribution in [1.29, 1.82) is 0 Å². The molecule has 0 saturated heterocycles. The second-order valence-electron chi connectivity index (χ2n) is 4.00. The molecule has 8 heteroatoms. The smallest absolute Gasteiger partial charge is 0.341 e. The number of esters is 1. The molecule has 2 N–H and O–H groups in total. The molecule has 0 saturated carbocycles. The van der Waals surface area contributed by atoms with Crippen LogP contribution in [0.4, 0.5) is 5.00 Å². The van der Waals surface area contributed by atoms with Crippen molar-refractivity contribution in [2.45, 2.75) is 13.0 Å². The summed E-state index contributed by atoms with van der Waals surface area (Å²) in [5.74, 6) is -0.499. The minimum atomic E-state index is -3.41. The number of anilines is 1. The number of rotatable bonds is 3. The first kappa shape index (κ1) is 13.3. The van der Waals surface area contributed by atoms with Gasteiger partial charge < -0.3 is 10.1 Å². The fourth-order valence-electron chi connectivity index (χ4n) is 1.89. The van der Waals surface area contributed by atoms with Gasteiger partial charge in [-0.2, -0.15) is 0 Å². The second kappa shape index (κ2) is 4.87. The van der Waals surface area contributed by atoms with Crippen LogP contribution < -0.4 is 10.0 Å². The molecule has 1 aliphatic rings. The molecule has 1 aromatic rings. The van der Waals surface area contributed by atoms with Crippen LogP contribution in [-0.2, 0) is 27.7 Å². The highest BCUT2D eigenvalue weighted by Gasteiger charge is 2.27. The van der Waals surface area contributed by atoms with Gasteiger partial charge >= 0.3 is 5.97 Å². The molecule has 6 nitrogen and oxygen atoms in total. The van der Waals surface area contributed by atoms with Crippen molar-refractivity contribution in [2.75, 3.05) is 24.6 Å². The molecule has 2 heterocycles. The molecular weight excluding hydrogens is 276 g/mol.